The first-order valence-corrected chi connectivity index (χ1v) is 5.97. The van der Waals surface area contributed by atoms with Crippen molar-refractivity contribution in [2.24, 2.45) is 5.92 Å². The first-order chi connectivity index (χ1) is 8.66. The molecule has 1 aliphatic heterocycles. The number of carbonyl (C=O) groups excluding carboxylic acids is 1. The van der Waals surface area contributed by atoms with Crippen LogP contribution in [0.3, 0.4) is 0 Å². The molecule has 1 amide bonds. The third-order valence-corrected chi connectivity index (χ3v) is 3.10. The van der Waals surface area contributed by atoms with Crippen molar-refractivity contribution in [2.75, 3.05) is 13.1 Å². The molecule has 18 heavy (non-hydrogen) atoms. The summed E-state index contributed by atoms with van der Waals surface area (Å²) >= 11 is 0. The van der Waals surface area contributed by atoms with Gasteiger partial charge in [0.15, 0.2) is 0 Å². The van der Waals surface area contributed by atoms with Gasteiger partial charge in [-0.25, -0.2) is 4.79 Å². The fraction of sp³-hybridized carbons (Fsp3) is 0.385. The number of carboxylic acid groups (broad SMARTS) is 1. The number of carbonyl (C=O) groups is 2. The van der Waals surface area contributed by atoms with E-state index >= 15 is 0 Å². The van der Waals surface area contributed by atoms with Crippen LogP contribution in [-0.4, -0.2) is 30.1 Å². The molecular weight excluding hydrogens is 232 g/mol. The van der Waals surface area contributed by atoms with Gasteiger partial charge in [0.2, 0.25) is 5.91 Å². The van der Waals surface area contributed by atoms with Gasteiger partial charge in [0.05, 0.1) is 11.5 Å². The maximum absolute atomic E-state index is 11.7. The minimum atomic E-state index is -0.942. The molecule has 1 aromatic carbocycles. The highest BCUT2D eigenvalue weighted by Gasteiger charge is 2.21. The minimum Gasteiger partial charge on any atom is -0.478 e. The standard InChI is InChI=1S/C13H16N2O3/c16-12(11-5-6-14-8-11)15-7-9-1-3-10(4-2-9)13(17)18/h1-4,11,14H,5-8H2,(H,15,16)(H,17,18). The van der Waals surface area contributed by atoms with Crippen LogP contribution in [0.2, 0.25) is 0 Å². The van der Waals surface area contributed by atoms with E-state index in [0.29, 0.717) is 6.54 Å². The van der Waals surface area contributed by atoms with Crippen LogP contribution in [0.25, 0.3) is 0 Å². The Kier molecular flexibility index (Phi) is 3.94. The van der Waals surface area contributed by atoms with E-state index in [2.05, 4.69) is 10.6 Å². The normalized spacial score (nSPS) is 18.6. The molecule has 1 fully saturated rings. The molecule has 1 heterocycles. The van der Waals surface area contributed by atoms with Crippen molar-refractivity contribution in [3.8, 4) is 0 Å². The molecule has 0 bridgehead atoms. The highest BCUT2D eigenvalue weighted by atomic mass is 16.4. The summed E-state index contributed by atoms with van der Waals surface area (Å²) in [7, 11) is 0. The Morgan fingerprint density at radius 1 is 1.33 bits per heavy atom. The molecule has 5 nitrogen and oxygen atoms in total. The molecule has 0 spiro atoms. The quantitative estimate of drug-likeness (QED) is 0.729. The van der Waals surface area contributed by atoms with E-state index in [-0.39, 0.29) is 17.4 Å². The van der Waals surface area contributed by atoms with E-state index < -0.39 is 5.97 Å². The summed E-state index contributed by atoms with van der Waals surface area (Å²) in [6.07, 6.45) is 0.879. The van der Waals surface area contributed by atoms with Crippen molar-refractivity contribution in [3.05, 3.63) is 35.4 Å². The molecule has 1 aromatic rings. The third-order valence-electron chi connectivity index (χ3n) is 3.10. The average Bonchev–Trinajstić information content (AvgIpc) is 2.90. The van der Waals surface area contributed by atoms with Gasteiger partial charge in [-0.3, -0.25) is 4.79 Å². The average molecular weight is 248 g/mol. The lowest BCUT2D eigenvalue weighted by Crippen LogP contribution is -2.31. The van der Waals surface area contributed by atoms with Crippen LogP contribution in [0.15, 0.2) is 24.3 Å². The monoisotopic (exact) mass is 248 g/mol. The Hall–Kier alpha value is -1.88. The molecule has 0 saturated carbocycles. The molecular formula is C13H16N2O3. The van der Waals surface area contributed by atoms with Crippen LogP contribution in [0.1, 0.15) is 22.3 Å². The van der Waals surface area contributed by atoms with Crippen molar-refractivity contribution in [2.45, 2.75) is 13.0 Å². The van der Waals surface area contributed by atoms with Crippen LogP contribution in [0.4, 0.5) is 0 Å². The number of rotatable bonds is 4. The van der Waals surface area contributed by atoms with E-state index in [1.807, 2.05) is 0 Å². The second kappa shape index (κ2) is 5.64. The fourth-order valence-corrected chi connectivity index (χ4v) is 1.98. The van der Waals surface area contributed by atoms with Crippen LogP contribution in [0, 0.1) is 5.92 Å². The number of aromatic carboxylic acids is 1. The Labute approximate surface area is 105 Å². The molecule has 5 heteroatoms. The van der Waals surface area contributed by atoms with E-state index in [1.54, 1.807) is 24.3 Å². The van der Waals surface area contributed by atoms with E-state index in [1.165, 1.54) is 0 Å². The summed E-state index contributed by atoms with van der Waals surface area (Å²) in [6.45, 7) is 2.07. The van der Waals surface area contributed by atoms with Crippen molar-refractivity contribution in [1.29, 1.82) is 0 Å². The lowest BCUT2D eigenvalue weighted by atomic mass is 10.1. The van der Waals surface area contributed by atoms with E-state index in [9.17, 15) is 9.59 Å². The number of hydrogen-bond acceptors (Lipinski definition) is 3. The summed E-state index contributed by atoms with van der Waals surface area (Å²) in [5.41, 5.74) is 1.16. The van der Waals surface area contributed by atoms with Crippen molar-refractivity contribution in [1.82, 2.24) is 10.6 Å². The third kappa shape index (κ3) is 3.07. The summed E-state index contributed by atoms with van der Waals surface area (Å²) in [5.74, 6) is -0.826. The Morgan fingerprint density at radius 3 is 2.61 bits per heavy atom. The molecule has 0 aromatic heterocycles. The van der Waals surface area contributed by atoms with Gasteiger partial charge >= 0.3 is 5.97 Å². The number of nitrogens with one attached hydrogen (secondary N) is 2. The number of hydrogen-bond donors (Lipinski definition) is 3. The predicted molar refractivity (Wildman–Crippen MR) is 66.2 cm³/mol. The summed E-state index contributed by atoms with van der Waals surface area (Å²) in [6, 6.07) is 6.52. The lowest BCUT2D eigenvalue weighted by Gasteiger charge is -2.09. The first kappa shape index (κ1) is 12.6. The van der Waals surface area contributed by atoms with Gasteiger partial charge in [-0.15, -0.1) is 0 Å². The first-order valence-electron chi connectivity index (χ1n) is 5.97. The molecule has 96 valence electrons. The molecule has 1 unspecified atom stereocenters. The minimum absolute atomic E-state index is 0.0577. The number of benzene rings is 1. The van der Waals surface area contributed by atoms with Gasteiger partial charge in [-0.05, 0) is 30.7 Å². The highest BCUT2D eigenvalue weighted by Crippen LogP contribution is 2.08. The zero-order valence-electron chi connectivity index (χ0n) is 9.98. The largest absolute Gasteiger partial charge is 0.478 e. The second-order valence-corrected chi connectivity index (χ2v) is 4.41. The molecule has 1 aliphatic rings. The van der Waals surface area contributed by atoms with Gasteiger partial charge in [0, 0.05) is 13.1 Å². The van der Waals surface area contributed by atoms with Gasteiger partial charge in [0.25, 0.3) is 0 Å². The van der Waals surface area contributed by atoms with Gasteiger partial charge < -0.3 is 15.7 Å². The van der Waals surface area contributed by atoms with Crippen LogP contribution >= 0.6 is 0 Å². The summed E-state index contributed by atoms with van der Waals surface area (Å²) in [4.78, 5) is 22.4. The summed E-state index contributed by atoms with van der Waals surface area (Å²) in [5, 5.41) is 14.8. The van der Waals surface area contributed by atoms with Crippen LogP contribution in [0.5, 0.6) is 0 Å². The topological polar surface area (TPSA) is 78.4 Å². The van der Waals surface area contributed by atoms with Crippen molar-refractivity contribution >= 4 is 11.9 Å². The maximum Gasteiger partial charge on any atom is 0.335 e. The van der Waals surface area contributed by atoms with E-state index in [0.717, 1.165) is 25.1 Å². The Bertz CT molecular complexity index is 436. The van der Waals surface area contributed by atoms with Gasteiger partial charge in [-0.2, -0.15) is 0 Å². The Morgan fingerprint density at radius 2 is 2.06 bits per heavy atom. The molecule has 1 atom stereocenters. The highest BCUT2D eigenvalue weighted by molar-refractivity contribution is 5.87. The zero-order chi connectivity index (χ0) is 13.0. The predicted octanol–water partition coefficient (Wildman–Crippen LogP) is 0.610. The molecule has 1 saturated heterocycles. The van der Waals surface area contributed by atoms with Gasteiger partial charge in [0.1, 0.15) is 0 Å². The Balaban J connectivity index is 1.86. The molecule has 3 N–H and O–H groups in total. The van der Waals surface area contributed by atoms with Crippen LogP contribution in [-0.2, 0) is 11.3 Å². The van der Waals surface area contributed by atoms with Crippen molar-refractivity contribution in [3.63, 3.8) is 0 Å². The SMILES string of the molecule is O=C(O)c1ccc(CNC(=O)C2CCNC2)cc1. The smallest absolute Gasteiger partial charge is 0.335 e. The number of carboxylic acids is 1. The zero-order valence-corrected chi connectivity index (χ0v) is 9.98. The molecule has 2 rings (SSSR count). The maximum atomic E-state index is 11.7. The van der Waals surface area contributed by atoms with Crippen LogP contribution < -0.4 is 10.6 Å². The van der Waals surface area contributed by atoms with E-state index in [4.69, 9.17) is 5.11 Å². The lowest BCUT2D eigenvalue weighted by molar-refractivity contribution is -0.124. The summed E-state index contributed by atoms with van der Waals surface area (Å²) < 4.78 is 0. The molecule has 0 radical (unpaired) electrons. The molecule has 0 aliphatic carbocycles. The second-order valence-electron chi connectivity index (χ2n) is 4.41. The van der Waals surface area contributed by atoms with Crippen molar-refractivity contribution < 1.29 is 14.7 Å². The fourth-order valence-electron chi connectivity index (χ4n) is 1.98. The van der Waals surface area contributed by atoms with Gasteiger partial charge in [-0.1, -0.05) is 12.1 Å². The number of amides is 1.